The van der Waals surface area contributed by atoms with Gasteiger partial charge in [-0.05, 0) is 32.6 Å². The van der Waals surface area contributed by atoms with E-state index in [9.17, 15) is 4.79 Å². The van der Waals surface area contributed by atoms with Crippen molar-refractivity contribution in [2.45, 2.75) is 38.8 Å². The van der Waals surface area contributed by atoms with Gasteiger partial charge in [0.1, 0.15) is 0 Å². The lowest BCUT2D eigenvalue weighted by molar-refractivity contribution is -0.121. The molecule has 0 bridgehead atoms. The third kappa shape index (κ3) is 5.14. The lowest BCUT2D eigenvalue weighted by Crippen LogP contribution is -2.43. The second-order valence-electron chi connectivity index (χ2n) is 4.43. The van der Waals surface area contributed by atoms with E-state index in [4.69, 9.17) is 4.74 Å². The number of amides is 1. The van der Waals surface area contributed by atoms with Gasteiger partial charge in [0, 0.05) is 19.2 Å². The van der Waals surface area contributed by atoms with Gasteiger partial charge in [-0.3, -0.25) is 4.79 Å². The van der Waals surface area contributed by atoms with Crippen LogP contribution in [0.25, 0.3) is 0 Å². The molecule has 0 aliphatic heterocycles. The molecule has 0 heterocycles. The van der Waals surface area contributed by atoms with Gasteiger partial charge in [-0.2, -0.15) is 0 Å². The summed E-state index contributed by atoms with van der Waals surface area (Å²) in [5.74, 6) is 0.834. The molecular weight excluding hydrogens is 192 g/mol. The van der Waals surface area contributed by atoms with E-state index in [-0.39, 0.29) is 11.9 Å². The monoisotopic (exact) mass is 214 g/mol. The lowest BCUT2D eigenvalue weighted by Gasteiger charge is -2.15. The van der Waals surface area contributed by atoms with Gasteiger partial charge >= 0.3 is 0 Å². The van der Waals surface area contributed by atoms with E-state index < -0.39 is 0 Å². The van der Waals surface area contributed by atoms with Crippen LogP contribution in [0.15, 0.2) is 0 Å². The Labute approximate surface area is 91.8 Å². The molecule has 88 valence electrons. The predicted octanol–water partition coefficient (Wildman–Crippen LogP) is 0.526. The normalized spacial score (nSPS) is 19.7. The molecule has 4 nitrogen and oxygen atoms in total. The van der Waals surface area contributed by atoms with Crippen LogP contribution >= 0.6 is 0 Å². The molecule has 1 aliphatic rings. The first-order valence-corrected chi connectivity index (χ1v) is 5.65. The Kier molecular flexibility index (Phi) is 5.05. The van der Waals surface area contributed by atoms with E-state index in [0.717, 1.165) is 5.92 Å². The summed E-state index contributed by atoms with van der Waals surface area (Å²) >= 11 is 0. The molecular formula is C11H22N2O2. The van der Waals surface area contributed by atoms with Gasteiger partial charge in [0.15, 0.2) is 0 Å². The molecule has 0 aromatic rings. The van der Waals surface area contributed by atoms with Gasteiger partial charge in [-0.1, -0.05) is 0 Å². The summed E-state index contributed by atoms with van der Waals surface area (Å²) in [5, 5.41) is 6.11. The molecule has 0 spiro atoms. The quantitative estimate of drug-likeness (QED) is 0.650. The molecule has 1 rings (SSSR count). The molecule has 1 fully saturated rings. The number of nitrogens with one attached hydrogen (secondary N) is 2. The summed E-state index contributed by atoms with van der Waals surface area (Å²) < 4.78 is 4.94. The first-order chi connectivity index (χ1) is 7.13. The molecule has 4 heteroatoms. The molecule has 0 radical (unpaired) electrons. The number of rotatable bonds is 7. The highest BCUT2D eigenvalue weighted by molar-refractivity contribution is 5.78. The Morgan fingerprint density at radius 2 is 2.13 bits per heavy atom. The van der Waals surface area contributed by atoms with Crippen molar-refractivity contribution < 1.29 is 9.53 Å². The number of ether oxygens (including phenoxy) is 1. The molecule has 15 heavy (non-hydrogen) atoms. The SMILES string of the molecule is COCC(C)NC(=O)CNC(C)C1CC1. The van der Waals surface area contributed by atoms with Gasteiger partial charge in [-0.15, -0.1) is 0 Å². The topological polar surface area (TPSA) is 50.4 Å². The molecule has 1 amide bonds. The predicted molar refractivity (Wildman–Crippen MR) is 59.7 cm³/mol. The molecule has 1 saturated carbocycles. The highest BCUT2D eigenvalue weighted by atomic mass is 16.5. The van der Waals surface area contributed by atoms with Gasteiger partial charge in [-0.25, -0.2) is 0 Å². The highest BCUT2D eigenvalue weighted by Crippen LogP contribution is 2.32. The van der Waals surface area contributed by atoms with Crippen LogP contribution in [0.1, 0.15) is 26.7 Å². The zero-order chi connectivity index (χ0) is 11.3. The van der Waals surface area contributed by atoms with Crippen LogP contribution in [0.3, 0.4) is 0 Å². The van der Waals surface area contributed by atoms with E-state index in [1.54, 1.807) is 7.11 Å². The standard InChI is InChI=1S/C11H22N2O2/c1-8(7-15-3)13-11(14)6-12-9(2)10-4-5-10/h8-10,12H,4-7H2,1-3H3,(H,13,14). The maximum absolute atomic E-state index is 11.4. The van der Waals surface area contributed by atoms with Crippen LogP contribution < -0.4 is 10.6 Å². The largest absolute Gasteiger partial charge is 0.383 e. The Balaban J connectivity index is 2.06. The number of carbonyl (C=O) groups is 1. The van der Waals surface area contributed by atoms with Gasteiger partial charge in [0.2, 0.25) is 5.91 Å². The van der Waals surface area contributed by atoms with E-state index in [1.807, 2.05) is 6.92 Å². The molecule has 1 aliphatic carbocycles. The smallest absolute Gasteiger partial charge is 0.234 e. The minimum Gasteiger partial charge on any atom is -0.383 e. The van der Waals surface area contributed by atoms with Crippen molar-refractivity contribution in [2.24, 2.45) is 5.92 Å². The summed E-state index contributed by atoms with van der Waals surface area (Å²) in [4.78, 5) is 11.4. The van der Waals surface area contributed by atoms with E-state index >= 15 is 0 Å². The van der Waals surface area contributed by atoms with Crippen molar-refractivity contribution >= 4 is 5.91 Å². The van der Waals surface area contributed by atoms with Crippen LogP contribution in [-0.4, -0.2) is 38.3 Å². The molecule has 0 aromatic carbocycles. The van der Waals surface area contributed by atoms with E-state index in [2.05, 4.69) is 17.6 Å². The average molecular weight is 214 g/mol. The number of carbonyl (C=O) groups excluding carboxylic acids is 1. The third-order valence-electron chi connectivity index (χ3n) is 2.74. The zero-order valence-corrected chi connectivity index (χ0v) is 9.88. The Morgan fingerprint density at radius 1 is 1.47 bits per heavy atom. The second-order valence-corrected chi connectivity index (χ2v) is 4.43. The van der Waals surface area contributed by atoms with Crippen molar-refractivity contribution in [1.82, 2.24) is 10.6 Å². The highest BCUT2D eigenvalue weighted by Gasteiger charge is 2.27. The summed E-state index contributed by atoms with van der Waals surface area (Å²) in [6.45, 7) is 5.05. The zero-order valence-electron chi connectivity index (χ0n) is 9.88. The van der Waals surface area contributed by atoms with Crippen molar-refractivity contribution in [2.75, 3.05) is 20.3 Å². The molecule has 0 aromatic heterocycles. The second kappa shape index (κ2) is 6.08. The summed E-state index contributed by atoms with van der Waals surface area (Å²) in [7, 11) is 1.63. The van der Waals surface area contributed by atoms with E-state index in [1.165, 1.54) is 12.8 Å². The Bertz CT molecular complexity index is 205. The minimum atomic E-state index is 0.0482. The number of hydrogen-bond donors (Lipinski definition) is 2. The molecule has 2 unspecified atom stereocenters. The third-order valence-corrected chi connectivity index (χ3v) is 2.74. The minimum absolute atomic E-state index is 0.0482. The van der Waals surface area contributed by atoms with Gasteiger partial charge < -0.3 is 15.4 Å². The fourth-order valence-electron chi connectivity index (χ4n) is 1.63. The van der Waals surface area contributed by atoms with Crippen LogP contribution in [-0.2, 0) is 9.53 Å². The van der Waals surface area contributed by atoms with Crippen molar-refractivity contribution in [1.29, 1.82) is 0 Å². The first kappa shape index (κ1) is 12.5. The van der Waals surface area contributed by atoms with Gasteiger partial charge in [0.25, 0.3) is 0 Å². The fourth-order valence-corrected chi connectivity index (χ4v) is 1.63. The van der Waals surface area contributed by atoms with Crippen LogP contribution in [0.5, 0.6) is 0 Å². The molecule has 2 atom stereocenters. The van der Waals surface area contributed by atoms with Gasteiger partial charge in [0.05, 0.1) is 13.2 Å². The van der Waals surface area contributed by atoms with Crippen molar-refractivity contribution in [3.8, 4) is 0 Å². The fraction of sp³-hybridized carbons (Fsp3) is 0.909. The van der Waals surface area contributed by atoms with Crippen molar-refractivity contribution in [3.63, 3.8) is 0 Å². The number of methoxy groups -OCH3 is 1. The maximum Gasteiger partial charge on any atom is 0.234 e. The average Bonchev–Trinajstić information content (AvgIpc) is 2.97. The van der Waals surface area contributed by atoms with Crippen LogP contribution in [0, 0.1) is 5.92 Å². The van der Waals surface area contributed by atoms with E-state index in [0.29, 0.717) is 19.2 Å². The molecule has 2 N–H and O–H groups in total. The van der Waals surface area contributed by atoms with Crippen LogP contribution in [0.4, 0.5) is 0 Å². The Morgan fingerprint density at radius 3 is 2.67 bits per heavy atom. The summed E-state index contributed by atoms with van der Waals surface area (Å²) in [6.07, 6.45) is 2.60. The maximum atomic E-state index is 11.4. The lowest BCUT2D eigenvalue weighted by atomic mass is 10.2. The van der Waals surface area contributed by atoms with Crippen LogP contribution in [0.2, 0.25) is 0 Å². The van der Waals surface area contributed by atoms with Crippen molar-refractivity contribution in [3.05, 3.63) is 0 Å². The first-order valence-electron chi connectivity index (χ1n) is 5.65. The summed E-state index contributed by atoms with van der Waals surface area (Å²) in [6, 6.07) is 0.550. The summed E-state index contributed by atoms with van der Waals surface area (Å²) in [5.41, 5.74) is 0. The Hall–Kier alpha value is -0.610. The number of hydrogen-bond acceptors (Lipinski definition) is 3. The molecule has 0 saturated heterocycles.